The molecule has 1 saturated carbocycles. The van der Waals surface area contributed by atoms with Crippen LogP contribution in [0.15, 0.2) is 42.5 Å². The highest BCUT2D eigenvalue weighted by molar-refractivity contribution is 7.07. The molecule has 1 aromatic heterocycles. The largest absolute Gasteiger partial charge is 0.430 e. The number of benzene rings is 2. The molecular formula is C23H24FN3O2S. The van der Waals surface area contributed by atoms with E-state index in [4.69, 9.17) is 4.74 Å². The summed E-state index contributed by atoms with van der Waals surface area (Å²) < 4.78 is 23.3. The van der Waals surface area contributed by atoms with Gasteiger partial charge in [-0.3, -0.25) is 4.79 Å². The number of aromatic nitrogens is 2. The molecule has 0 atom stereocenters. The van der Waals surface area contributed by atoms with Crippen molar-refractivity contribution in [2.45, 2.75) is 51.5 Å². The van der Waals surface area contributed by atoms with E-state index in [1.165, 1.54) is 31.4 Å². The highest BCUT2D eigenvalue weighted by Gasteiger charge is 2.18. The molecule has 1 aliphatic rings. The van der Waals surface area contributed by atoms with Gasteiger partial charge in [0, 0.05) is 29.6 Å². The molecule has 1 N–H and O–H groups in total. The number of carbonyl (C=O) groups excluding carboxylic acids is 1. The lowest BCUT2D eigenvalue weighted by atomic mass is 9.95. The zero-order valence-electron chi connectivity index (χ0n) is 16.9. The molecule has 0 radical (unpaired) electrons. The molecule has 0 unspecified atom stereocenters. The second-order valence-electron chi connectivity index (χ2n) is 7.67. The number of carbonyl (C=O) groups is 1. The maximum absolute atomic E-state index is 13.1. The molecule has 3 aromatic rings. The Morgan fingerprint density at radius 1 is 1.17 bits per heavy atom. The maximum atomic E-state index is 13.1. The van der Waals surface area contributed by atoms with Gasteiger partial charge in [-0.25, -0.2) is 4.39 Å². The van der Waals surface area contributed by atoms with Gasteiger partial charge < -0.3 is 10.1 Å². The zero-order valence-corrected chi connectivity index (χ0v) is 17.7. The molecule has 1 aliphatic carbocycles. The second-order valence-corrected chi connectivity index (χ2v) is 8.38. The van der Waals surface area contributed by atoms with E-state index in [1.54, 1.807) is 18.2 Å². The topological polar surface area (TPSA) is 64.1 Å². The molecule has 7 heteroatoms. The van der Waals surface area contributed by atoms with Gasteiger partial charge in [0.2, 0.25) is 0 Å². The van der Waals surface area contributed by atoms with Gasteiger partial charge in [0.25, 0.3) is 11.1 Å². The summed E-state index contributed by atoms with van der Waals surface area (Å²) in [7, 11) is 0. The van der Waals surface area contributed by atoms with Crippen LogP contribution in [-0.4, -0.2) is 21.3 Å². The molecule has 30 heavy (non-hydrogen) atoms. The van der Waals surface area contributed by atoms with Crippen molar-refractivity contribution in [3.63, 3.8) is 0 Å². The lowest BCUT2D eigenvalue weighted by molar-refractivity contribution is 0.0927. The third-order valence-electron chi connectivity index (χ3n) is 5.31. The molecule has 1 heterocycles. The first kappa shape index (κ1) is 20.5. The third-order valence-corrected chi connectivity index (χ3v) is 5.95. The van der Waals surface area contributed by atoms with Gasteiger partial charge in [-0.2, -0.15) is 9.36 Å². The molecule has 2 aromatic carbocycles. The van der Waals surface area contributed by atoms with Crippen molar-refractivity contribution in [3.8, 4) is 10.9 Å². The summed E-state index contributed by atoms with van der Waals surface area (Å²) in [6.45, 7) is 1.93. The first-order valence-electron chi connectivity index (χ1n) is 10.2. The van der Waals surface area contributed by atoms with Gasteiger partial charge in [-0.1, -0.05) is 37.5 Å². The Morgan fingerprint density at radius 3 is 2.70 bits per heavy atom. The van der Waals surface area contributed by atoms with Gasteiger partial charge in [-0.05, 0) is 55.2 Å². The number of nitrogens with one attached hydrogen (secondary N) is 1. The molecule has 0 bridgehead atoms. The van der Waals surface area contributed by atoms with Crippen molar-refractivity contribution in [1.29, 1.82) is 0 Å². The van der Waals surface area contributed by atoms with Crippen molar-refractivity contribution >= 4 is 17.4 Å². The Balaban J connectivity index is 1.42. The summed E-state index contributed by atoms with van der Waals surface area (Å²) in [6.07, 6.45) is 6.18. The van der Waals surface area contributed by atoms with Gasteiger partial charge >= 0.3 is 0 Å². The monoisotopic (exact) mass is 425 g/mol. The van der Waals surface area contributed by atoms with Crippen LogP contribution < -0.4 is 10.1 Å². The van der Waals surface area contributed by atoms with E-state index in [0.29, 0.717) is 28.8 Å². The molecule has 1 amide bonds. The molecule has 156 valence electrons. The van der Waals surface area contributed by atoms with Crippen LogP contribution in [-0.2, 0) is 6.42 Å². The van der Waals surface area contributed by atoms with Gasteiger partial charge in [0.15, 0.2) is 5.82 Å². The fourth-order valence-corrected chi connectivity index (χ4v) is 4.16. The second kappa shape index (κ2) is 9.34. The molecule has 1 fully saturated rings. The van der Waals surface area contributed by atoms with Crippen LogP contribution >= 0.6 is 11.5 Å². The third kappa shape index (κ3) is 5.21. The summed E-state index contributed by atoms with van der Waals surface area (Å²) in [6, 6.07) is 12.0. The number of hydrogen-bond donors (Lipinski definition) is 1. The minimum absolute atomic E-state index is 0.0685. The SMILES string of the molecule is Cc1ccc(C(=O)NC2CCCCC2)cc1Oc1nc(Cc2ccc(F)cc2)ns1. The summed E-state index contributed by atoms with van der Waals surface area (Å²) in [5, 5.41) is 3.55. The number of amides is 1. The zero-order chi connectivity index (χ0) is 20.9. The van der Waals surface area contributed by atoms with Crippen molar-refractivity contribution in [2.75, 3.05) is 0 Å². The van der Waals surface area contributed by atoms with E-state index in [0.717, 1.165) is 35.5 Å². The van der Waals surface area contributed by atoms with Crippen LogP contribution in [0.5, 0.6) is 10.9 Å². The summed E-state index contributed by atoms with van der Waals surface area (Å²) in [4.78, 5) is 17.1. The molecule has 0 aliphatic heterocycles. The number of aryl methyl sites for hydroxylation is 1. The Labute approximate surface area is 179 Å². The van der Waals surface area contributed by atoms with Gasteiger partial charge in [0.1, 0.15) is 11.6 Å². The Kier molecular flexibility index (Phi) is 6.38. The molecule has 0 saturated heterocycles. The molecule has 5 nitrogen and oxygen atoms in total. The first-order chi connectivity index (χ1) is 14.6. The number of ether oxygens (including phenoxy) is 1. The standard InChI is InChI=1S/C23H24FN3O2S/c1-15-7-10-17(22(28)25-19-5-3-2-4-6-19)14-20(15)29-23-26-21(27-30-23)13-16-8-11-18(24)12-9-16/h7-12,14,19H,2-6,13H2,1H3,(H,25,28). The Morgan fingerprint density at radius 2 is 1.93 bits per heavy atom. The summed E-state index contributed by atoms with van der Waals surface area (Å²) >= 11 is 1.16. The van der Waals surface area contributed by atoms with E-state index in [2.05, 4.69) is 14.7 Å². The smallest absolute Gasteiger partial charge is 0.298 e. The number of nitrogens with zero attached hydrogens (tertiary/aromatic N) is 2. The van der Waals surface area contributed by atoms with E-state index in [-0.39, 0.29) is 17.8 Å². The lowest BCUT2D eigenvalue weighted by Gasteiger charge is -2.22. The van der Waals surface area contributed by atoms with Crippen molar-refractivity contribution in [2.24, 2.45) is 0 Å². The fraction of sp³-hybridized carbons (Fsp3) is 0.348. The van der Waals surface area contributed by atoms with Crippen LogP contribution in [0.2, 0.25) is 0 Å². The number of rotatable bonds is 6. The van der Waals surface area contributed by atoms with Gasteiger partial charge in [0.05, 0.1) is 0 Å². The summed E-state index contributed by atoms with van der Waals surface area (Å²) in [5.74, 6) is 0.874. The van der Waals surface area contributed by atoms with E-state index < -0.39 is 0 Å². The highest BCUT2D eigenvalue weighted by Crippen LogP contribution is 2.28. The molecule has 0 spiro atoms. The van der Waals surface area contributed by atoms with Crippen molar-refractivity contribution < 1.29 is 13.9 Å². The quantitative estimate of drug-likeness (QED) is 0.572. The normalized spacial score (nSPS) is 14.5. The maximum Gasteiger partial charge on any atom is 0.298 e. The first-order valence-corrected chi connectivity index (χ1v) is 11.0. The van der Waals surface area contributed by atoms with Crippen LogP contribution in [0.3, 0.4) is 0 Å². The van der Waals surface area contributed by atoms with Gasteiger partial charge in [-0.15, -0.1) is 0 Å². The number of halogens is 1. The van der Waals surface area contributed by atoms with Crippen LogP contribution in [0, 0.1) is 12.7 Å². The van der Waals surface area contributed by atoms with E-state index in [1.807, 2.05) is 19.1 Å². The van der Waals surface area contributed by atoms with E-state index >= 15 is 0 Å². The van der Waals surface area contributed by atoms with Crippen LogP contribution in [0.4, 0.5) is 4.39 Å². The van der Waals surface area contributed by atoms with Crippen molar-refractivity contribution in [1.82, 2.24) is 14.7 Å². The average molecular weight is 426 g/mol. The van der Waals surface area contributed by atoms with Crippen LogP contribution in [0.25, 0.3) is 0 Å². The Hall–Kier alpha value is -2.80. The molecule has 4 rings (SSSR count). The minimum Gasteiger partial charge on any atom is -0.430 e. The fourth-order valence-electron chi connectivity index (χ4n) is 3.60. The van der Waals surface area contributed by atoms with Crippen LogP contribution in [0.1, 0.15) is 59.4 Å². The van der Waals surface area contributed by atoms with E-state index in [9.17, 15) is 9.18 Å². The average Bonchev–Trinajstić information content (AvgIpc) is 3.19. The highest BCUT2D eigenvalue weighted by atomic mass is 32.1. The molecular weight excluding hydrogens is 401 g/mol. The Bertz CT molecular complexity index is 1010. The minimum atomic E-state index is -0.267. The number of hydrogen-bond acceptors (Lipinski definition) is 5. The predicted molar refractivity (Wildman–Crippen MR) is 115 cm³/mol. The van der Waals surface area contributed by atoms with Crippen molar-refractivity contribution in [3.05, 3.63) is 70.8 Å². The summed E-state index contributed by atoms with van der Waals surface area (Å²) in [5.41, 5.74) is 2.43. The lowest BCUT2D eigenvalue weighted by Crippen LogP contribution is -2.36. The predicted octanol–water partition coefficient (Wildman–Crippen LogP) is 5.43.